The summed E-state index contributed by atoms with van der Waals surface area (Å²) >= 11 is 0. The molecule has 0 fully saturated rings. The fourth-order valence-corrected chi connectivity index (χ4v) is 1.86. The van der Waals surface area contributed by atoms with E-state index in [1.807, 2.05) is 0 Å². The molecular formula is C13H8FN3O3. The van der Waals surface area contributed by atoms with E-state index in [0.717, 1.165) is 0 Å². The van der Waals surface area contributed by atoms with Crippen molar-refractivity contribution in [3.8, 4) is 11.5 Å². The monoisotopic (exact) mass is 273 g/mol. The maximum absolute atomic E-state index is 13.1. The van der Waals surface area contributed by atoms with Crippen molar-refractivity contribution < 1.29 is 13.7 Å². The van der Waals surface area contributed by atoms with Crippen molar-refractivity contribution in [2.45, 2.75) is 0 Å². The second-order valence-electron chi connectivity index (χ2n) is 4.16. The SMILES string of the molecule is Nc1ccc(-c2nc3ccc(F)cc3o2)cc1[N+](=O)[O-]. The molecule has 1 heterocycles. The maximum atomic E-state index is 13.1. The topological polar surface area (TPSA) is 95.2 Å². The molecule has 1 aromatic heterocycles. The molecule has 6 nitrogen and oxygen atoms in total. The van der Waals surface area contributed by atoms with Crippen LogP contribution >= 0.6 is 0 Å². The highest BCUT2D eigenvalue weighted by atomic mass is 19.1. The number of halogens is 1. The number of hydrogen-bond donors (Lipinski definition) is 1. The number of nitro groups is 1. The summed E-state index contributed by atoms with van der Waals surface area (Å²) < 4.78 is 18.5. The molecule has 0 saturated heterocycles. The average molecular weight is 273 g/mol. The van der Waals surface area contributed by atoms with Gasteiger partial charge in [-0.25, -0.2) is 9.37 Å². The lowest BCUT2D eigenvalue weighted by molar-refractivity contribution is -0.383. The third kappa shape index (κ3) is 1.95. The van der Waals surface area contributed by atoms with Crippen LogP contribution in [0.4, 0.5) is 15.8 Å². The third-order valence-electron chi connectivity index (χ3n) is 2.82. The van der Waals surface area contributed by atoms with Gasteiger partial charge in [-0.05, 0) is 24.3 Å². The summed E-state index contributed by atoms with van der Waals surface area (Å²) in [5, 5.41) is 10.8. The molecule has 0 amide bonds. The van der Waals surface area contributed by atoms with Crippen LogP contribution in [-0.2, 0) is 0 Å². The Morgan fingerprint density at radius 1 is 1.25 bits per heavy atom. The largest absolute Gasteiger partial charge is 0.436 e. The van der Waals surface area contributed by atoms with Crippen LogP contribution in [0.1, 0.15) is 0 Å². The van der Waals surface area contributed by atoms with E-state index in [0.29, 0.717) is 11.1 Å². The zero-order chi connectivity index (χ0) is 14.3. The Morgan fingerprint density at radius 3 is 2.80 bits per heavy atom. The normalized spacial score (nSPS) is 10.8. The van der Waals surface area contributed by atoms with Gasteiger partial charge in [0.15, 0.2) is 5.58 Å². The molecule has 3 aromatic rings. The van der Waals surface area contributed by atoms with Crippen LogP contribution in [0.2, 0.25) is 0 Å². The first-order valence-corrected chi connectivity index (χ1v) is 5.65. The lowest BCUT2D eigenvalue weighted by Gasteiger charge is -1.99. The summed E-state index contributed by atoms with van der Waals surface area (Å²) in [6.45, 7) is 0. The molecule has 0 bridgehead atoms. The molecular weight excluding hydrogens is 265 g/mol. The predicted octanol–water partition coefficient (Wildman–Crippen LogP) is 3.12. The molecule has 0 aliphatic heterocycles. The molecule has 3 rings (SSSR count). The molecule has 100 valence electrons. The van der Waals surface area contributed by atoms with Crippen molar-refractivity contribution in [2.75, 3.05) is 5.73 Å². The van der Waals surface area contributed by atoms with Gasteiger partial charge in [0.1, 0.15) is 17.0 Å². The van der Waals surface area contributed by atoms with Gasteiger partial charge in [0.2, 0.25) is 5.89 Å². The molecule has 0 saturated carbocycles. The number of anilines is 1. The summed E-state index contributed by atoms with van der Waals surface area (Å²) in [6.07, 6.45) is 0. The zero-order valence-electron chi connectivity index (χ0n) is 10.0. The minimum atomic E-state index is -0.582. The third-order valence-corrected chi connectivity index (χ3v) is 2.82. The van der Waals surface area contributed by atoms with Gasteiger partial charge < -0.3 is 10.2 Å². The standard InChI is InChI=1S/C13H8FN3O3/c14-8-2-4-10-12(6-8)20-13(16-10)7-1-3-9(15)11(5-7)17(18)19/h1-6H,15H2. The van der Waals surface area contributed by atoms with Crippen molar-refractivity contribution in [3.63, 3.8) is 0 Å². The molecule has 0 unspecified atom stereocenters. The van der Waals surface area contributed by atoms with Crippen LogP contribution in [0.25, 0.3) is 22.6 Å². The van der Waals surface area contributed by atoms with Gasteiger partial charge in [0, 0.05) is 17.7 Å². The van der Waals surface area contributed by atoms with E-state index in [-0.39, 0.29) is 22.8 Å². The van der Waals surface area contributed by atoms with E-state index in [2.05, 4.69) is 4.98 Å². The quantitative estimate of drug-likeness (QED) is 0.439. The number of benzene rings is 2. The predicted molar refractivity (Wildman–Crippen MR) is 70.5 cm³/mol. The number of nitrogens with zero attached hydrogens (tertiary/aromatic N) is 2. The molecule has 0 aliphatic carbocycles. The van der Waals surface area contributed by atoms with Gasteiger partial charge in [0.25, 0.3) is 5.69 Å². The number of nitrogens with two attached hydrogens (primary N) is 1. The summed E-state index contributed by atoms with van der Waals surface area (Å²) in [5.74, 6) is -0.266. The van der Waals surface area contributed by atoms with Crippen LogP contribution in [0.15, 0.2) is 40.8 Å². The Bertz CT molecular complexity index is 829. The first-order valence-electron chi connectivity index (χ1n) is 5.65. The number of nitro benzene ring substituents is 1. The number of hydrogen-bond acceptors (Lipinski definition) is 5. The highest BCUT2D eigenvalue weighted by Crippen LogP contribution is 2.30. The number of fused-ring (bicyclic) bond motifs is 1. The highest BCUT2D eigenvalue weighted by Gasteiger charge is 2.16. The number of nitrogen functional groups attached to an aromatic ring is 1. The highest BCUT2D eigenvalue weighted by molar-refractivity contribution is 5.77. The molecule has 20 heavy (non-hydrogen) atoms. The first-order chi connectivity index (χ1) is 9.54. The van der Waals surface area contributed by atoms with Crippen molar-refractivity contribution in [3.05, 3.63) is 52.3 Å². The molecule has 0 atom stereocenters. The second kappa shape index (κ2) is 4.30. The first kappa shape index (κ1) is 12.1. The van der Waals surface area contributed by atoms with Gasteiger partial charge in [0.05, 0.1) is 4.92 Å². The Labute approximate surface area is 111 Å². The molecule has 2 aromatic carbocycles. The van der Waals surface area contributed by atoms with Crippen LogP contribution in [0.5, 0.6) is 0 Å². The molecule has 2 N–H and O–H groups in total. The zero-order valence-corrected chi connectivity index (χ0v) is 10.0. The average Bonchev–Trinajstić information content (AvgIpc) is 2.81. The van der Waals surface area contributed by atoms with Gasteiger partial charge in [-0.3, -0.25) is 10.1 Å². The van der Waals surface area contributed by atoms with Gasteiger partial charge in [-0.1, -0.05) is 0 Å². The fourth-order valence-electron chi connectivity index (χ4n) is 1.86. The Hall–Kier alpha value is -2.96. The minimum absolute atomic E-state index is 0.0564. The van der Waals surface area contributed by atoms with E-state index in [9.17, 15) is 14.5 Å². The van der Waals surface area contributed by atoms with Crippen LogP contribution in [0, 0.1) is 15.9 Å². The van der Waals surface area contributed by atoms with E-state index in [4.69, 9.17) is 10.2 Å². The van der Waals surface area contributed by atoms with E-state index in [1.165, 1.54) is 30.3 Å². The fraction of sp³-hybridized carbons (Fsp3) is 0. The van der Waals surface area contributed by atoms with E-state index in [1.54, 1.807) is 6.07 Å². The summed E-state index contributed by atoms with van der Waals surface area (Å²) in [6, 6.07) is 8.18. The van der Waals surface area contributed by atoms with Crippen molar-refractivity contribution in [2.24, 2.45) is 0 Å². The lowest BCUT2D eigenvalue weighted by atomic mass is 10.2. The van der Waals surface area contributed by atoms with Gasteiger partial charge in [-0.2, -0.15) is 0 Å². The summed E-state index contributed by atoms with van der Waals surface area (Å²) in [7, 11) is 0. The smallest absolute Gasteiger partial charge is 0.292 e. The summed E-state index contributed by atoms with van der Waals surface area (Å²) in [5.41, 5.74) is 6.51. The number of rotatable bonds is 2. The molecule has 0 radical (unpaired) electrons. The number of oxazole rings is 1. The lowest BCUT2D eigenvalue weighted by Crippen LogP contribution is -1.95. The van der Waals surface area contributed by atoms with E-state index >= 15 is 0 Å². The van der Waals surface area contributed by atoms with Crippen LogP contribution in [0.3, 0.4) is 0 Å². The van der Waals surface area contributed by atoms with Crippen molar-refractivity contribution >= 4 is 22.5 Å². The molecule has 0 spiro atoms. The Morgan fingerprint density at radius 2 is 2.05 bits per heavy atom. The van der Waals surface area contributed by atoms with Gasteiger partial charge in [-0.15, -0.1) is 0 Å². The Kier molecular flexibility index (Phi) is 2.60. The van der Waals surface area contributed by atoms with Gasteiger partial charge >= 0.3 is 0 Å². The number of aromatic nitrogens is 1. The molecule has 0 aliphatic rings. The summed E-state index contributed by atoms with van der Waals surface area (Å²) in [4.78, 5) is 14.4. The maximum Gasteiger partial charge on any atom is 0.292 e. The van der Waals surface area contributed by atoms with E-state index < -0.39 is 10.7 Å². The second-order valence-corrected chi connectivity index (χ2v) is 4.16. The van der Waals surface area contributed by atoms with Crippen molar-refractivity contribution in [1.82, 2.24) is 4.98 Å². The minimum Gasteiger partial charge on any atom is -0.436 e. The van der Waals surface area contributed by atoms with Crippen LogP contribution in [-0.4, -0.2) is 9.91 Å². The van der Waals surface area contributed by atoms with Crippen molar-refractivity contribution in [1.29, 1.82) is 0 Å². The Balaban J connectivity index is 2.15. The molecule has 7 heteroatoms. The van der Waals surface area contributed by atoms with Crippen LogP contribution < -0.4 is 5.73 Å².